The minimum Gasteiger partial charge on any atom is -0.467 e. The first-order valence-electron chi connectivity index (χ1n) is 6.11. The number of carbonyl (C=O) groups excluding carboxylic acids is 1. The smallest absolute Gasteiger partial charge is 0.338 e. The highest BCUT2D eigenvalue weighted by molar-refractivity contribution is 5.76. The summed E-state index contributed by atoms with van der Waals surface area (Å²) < 4.78 is 10.1. The number of methoxy groups -OCH3 is 1. The van der Waals surface area contributed by atoms with E-state index in [1.807, 2.05) is 13.8 Å². The summed E-state index contributed by atoms with van der Waals surface area (Å²) in [6.45, 7) is 3.65. The largest absolute Gasteiger partial charge is 0.467 e. The molecule has 5 nitrogen and oxygen atoms in total. The van der Waals surface area contributed by atoms with E-state index in [0.29, 0.717) is 5.57 Å². The SMILES string of the molecule is C/C=C/[C@@H]1O[C@H](/C=C/C)/C(=C/[C@@H](O)C(=O)OC)[C@@H]1O. The van der Waals surface area contributed by atoms with Gasteiger partial charge in [-0.25, -0.2) is 4.79 Å². The van der Waals surface area contributed by atoms with Crippen LogP contribution in [0, 0.1) is 0 Å². The molecule has 4 atom stereocenters. The van der Waals surface area contributed by atoms with Gasteiger partial charge >= 0.3 is 5.97 Å². The second-order valence-corrected chi connectivity index (χ2v) is 4.15. The summed E-state index contributed by atoms with van der Waals surface area (Å²) in [5.74, 6) is -0.770. The normalized spacial score (nSPS) is 31.4. The third-order valence-electron chi connectivity index (χ3n) is 2.83. The molecule has 0 aliphatic carbocycles. The molecule has 1 saturated heterocycles. The highest BCUT2D eigenvalue weighted by Gasteiger charge is 2.36. The Labute approximate surface area is 112 Å². The molecule has 5 heteroatoms. The lowest BCUT2D eigenvalue weighted by Crippen LogP contribution is -2.24. The Bertz CT molecular complexity index is 397. The fraction of sp³-hybridized carbons (Fsp3) is 0.500. The van der Waals surface area contributed by atoms with E-state index < -0.39 is 30.4 Å². The van der Waals surface area contributed by atoms with Crippen molar-refractivity contribution in [2.24, 2.45) is 0 Å². The Morgan fingerprint density at radius 3 is 2.53 bits per heavy atom. The third-order valence-corrected chi connectivity index (χ3v) is 2.83. The topological polar surface area (TPSA) is 76.0 Å². The molecule has 1 fully saturated rings. The molecule has 0 aromatic carbocycles. The number of hydrogen-bond donors (Lipinski definition) is 2. The first kappa shape index (κ1) is 15.6. The van der Waals surface area contributed by atoms with Gasteiger partial charge in [0.2, 0.25) is 0 Å². The predicted octanol–water partition coefficient (Wildman–Crippen LogP) is 0.727. The monoisotopic (exact) mass is 268 g/mol. The third kappa shape index (κ3) is 3.76. The first-order valence-corrected chi connectivity index (χ1v) is 6.11. The molecular formula is C14H20O5. The van der Waals surface area contributed by atoms with Crippen LogP contribution in [0.4, 0.5) is 0 Å². The highest BCUT2D eigenvalue weighted by atomic mass is 16.5. The van der Waals surface area contributed by atoms with Gasteiger partial charge in [-0.3, -0.25) is 0 Å². The summed E-state index contributed by atoms with van der Waals surface area (Å²) in [5.41, 5.74) is 0.458. The van der Waals surface area contributed by atoms with Crippen molar-refractivity contribution in [3.8, 4) is 0 Å². The second-order valence-electron chi connectivity index (χ2n) is 4.15. The van der Waals surface area contributed by atoms with Gasteiger partial charge in [-0.2, -0.15) is 0 Å². The van der Waals surface area contributed by atoms with E-state index in [1.54, 1.807) is 24.3 Å². The Hall–Kier alpha value is -1.43. The number of carbonyl (C=O) groups is 1. The molecule has 1 rings (SSSR count). The molecular weight excluding hydrogens is 248 g/mol. The van der Waals surface area contributed by atoms with Gasteiger partial charge in [0.25, 0.3) is 0 Å². The van der Waals surface area contributed by atoms with Crippen LogP contribution < -0.4 is 0 Å². The molecule has 0 unspecified atom stereocenters. The minimum absolute atomic E-state index is 0.458. The van der Waals surface area contributed by atoms with E-state index in [-0.39, 0.29) is 0 Å². The first-order chi connectivity index (χ1) is 9.04. The van der Waals surface area contributed by atoms with Crippen LogP contribution in [0.5, 0.6) is 0 Å². The summed E-state index contributed by atoms with van der Waals surface area (Å²) in [6.07, 6.45) is 5.09. The zero-order chi connectivity index (χ0) is 14.4. The molecule has 0 bridgehead atoms. The molecule has 1 aliphatic rings. The molecule has 19 heavy (non-hydrogen) atoms. The number of rotatable bonds is 4. The fourth-order valence-corrected chi connectivity index (χ4v) is 1.92. The minimum atomic E-state index is -1.41. The van der Waals surface area contributed by atoms with Gasteiger partial charge in [0.15, 0.2) is 6.10 Å². The van der Waals surface area contributed by atoms with Gasteiger partial charge in [0.05, 0.1) is 7.11 Å². The highest BCUT2D eigenvalue weighted by Crippen LogP contribution is 2.28. The van der Waals surface area contributed by atoms with Crippen LogP contribution in [0.15, 0.2) is 36.0 Å². The standard InChI is InChI=1S/C14H20O5/c1-4-6-11-9(8-10(15)14(17)18-3)13(16)12(19-11)7-5-2/h4-8,10-13,15-16H,1-3H3/b6-4+,7-5+,9-8-/t10-,11-,12+,13+/m1/s1. The van der Waals surface area contributed by atoms with Crippen LogP contribution in [0.3, 0.4) is 0 Å². The second kappa shape index (κ2) is 7.23. The van der Waals surface area contributed by atoms with Crippen molar-refractivity contribution in [1.82, 2.24) is 0 Å². The Kier molecular flexibility index (Phi) is 5.95. The number of aliphatic hydroxyl groups is 2. The van der Waals surface area contributed by atoms with Crippen LogP contribution in [0.2, 0.25) is 0 Å². The van der Waals surface area contributed by atoms with Crippen LogP contribution in [-0.4, -0.2) is 47.7 Å². The molecule has 0 amide bonds. The number of aliphatic hydroxyl groups excluding tert-OH is 2. The van der Waals surface area contributed by atoms with E-state index in [9.17, 15) is 15.0 Å². The van der Waals surface area contributed by atoms with Crippen LogP contribution in [-0.2, 0) is 14.3 Å². The maximum atomic E-state index is 11.2. The lowest BCUT2D eigenvalue weighted by atomic mass is 10.0. The lowest BCUT2D eigenvalue weighted by Gasteiger charge is -2.10. The van der Waals surface area contributed by atoms with Crippen LogP contribution in [0.1, 0.15) is 13.8 Å². The van der Waals surface area contributed by atoms with Crippen molar-refractivity contribution in [1.29, 1.82) is 0 Å². The lowest BCUT2D eigenvalue weighted by molar-refractivity contribution is -0.147. The zero-order valence-corrected chi connectivity index (χ0v) is 11.3. The molecule has 0 spiro atoms. The summed E-state index contributed by atoms with van der Waals surface area (Å²) in [6, 6.07) is 0. The molecule has 0 saturated carbocycles. The van der Waals surface area contributed by atoms with E-state index in [4.69, 9.17) is 4.74 Å². The summed E-state index contributed by atoms with van der Waals surface area (Å²) >= 11 is 0. The molecule has 1 heterocycles. The van der Waals surface area contributed by atoms with Gasteiger partial charge in [0, 0.05) is 0 Å². The average Bonchev–Trinajstić information content (AvgIpc) is 2.67. The molecule has 0 radical (unpaired) electrons. The Balaban J connectivity index is 2.99. The van der Waals surface area contributed by atoms with Crippen molar-refractivity contribution in [3.63, 3.8) is 0 Å². The fourth-order valence-electron chi connectivity index (χ4n) is 1.92. The van der Waals surface area contributed by atoms with E-state index in [0.717, 1.165) is 0 Å². The van der Waals surface area contributed by atoms with Gasteiger partial charge in [-0.1, -0.05) is 24.3 Å². The quantitative estimate of drug-likeness (QED) is 0.580. The van der Waals surface area contributed by atoms with Gasteiger partial charge in [-0.15, -0.1) is 0 Å². The molecule has 0 aromatic heterocycles. The van der Waals surface area contributed by atoms with Crippen molar-refractivity contribution >= 4 is 5.97 Å². The Morgan fingerprint density at radius 1 is 1.37 bits per heavy atom. The number of esters is 1. The molecule has 106 valence electrons. The maximum absolute atomic E-state index is 11.2. The van der Waals surface area contributed by atoms with Gasteiger partial charge < -0.3 is 19.7 Å². The van der Waals surface area contributed by atoms with Crippen molar-refractivity contribution in [3.05, 3.63) is 36.0 Å². The Morgan fingerprint density at radius 2 is 2.00 bits per heavy atom. The number of hydrogen-bond acceptors (Lipinski definition) is 5. The van der Waals surface area contributed by atoms with Crippen molar-refractivity contribution in [2.75, 3.05) is 7.11 Å². The molecule has 1 aliphatic heterocycles. The molecule has 2 N–H and O–H groups in total. The number of allylic oxidation sites excluding steroid dienone is 2. The van der Waals surface area contributed by atoms with E-state index in [2.05, 4.69) is 4.74 Å². The summed E-state index contributed by atoms with van der Waals surface area (Å²) in [4.78, 5) is 11.2. The van der Waals surface area contributed by atoms with E-state index >= 15 is 0 Å². The zero-order valence-electron chi connectivity index (χ0n) is 11.3. The van der Waals surface area contributed by atoms with E-state index in [1.165, 1.54) is 13.2 Å². The van der Waals surface area contributed by atoms with Crippen molar-refractivity contribution < 1.29 is 24.5 Å². The molecule has 0 aromatic rings. The van der Waals surface area contributed by atoms with Crippen molar-refractivity contribution in [2.45, 2.75) is 38.3 Å². The van der Waals surface area contributed by atoms with Crippen LogP contribution in [0.25, 0.3) is 0 Å². The number of ether oxygens (including phenoxy) is 2. The predicted molar refractivity (Wildman–Crippen MR) is 70.4 cm³/mol. The van der Waals surface area contributed by atoms with Crippen LogP contribution >= 0.6 is 0 Å². The van der Waals surface area contributed by atoms with Gasteiger partial charge in [-0.05, 0) is 25.5 Å². The maximum Gasteiger partial charge on any atom is 0.338 e. The summed E-state index contributed by atoms with van der Waals surface area (Å²) in [7, 11) is 1.19. The average molecular weight is 268 g/mol. The van der Waals surface area contributed by atoms with Gasteiger partial charge in [0.1, 0.15) is 18.3 Å². The summed E-state index contributed by atoms with van der Waals surface area (Å²) in [5, 5.41) is 19.8.